The molecule has 3 rings (SSSR count). The summed E-state index contributed by atoms with van der Waals surface area (Å²) in [7, 11) is 3.13. The van der Waals surface area contributed by atoms with Gasteiger partial charge in [-0.05, 0) is 56.5 Å². The summed E-state index contributed by atoms with van der Waals surface area (Å²) in [5.74, 6) is 0.965. The zero-order valence-electron chi connectivity index (χ0n) is 18.0. The first-order valence-corrected chi connectivity index (χ1v) is 10.1. The van der Waals surface area contributed by atoms with Crippen LogP contribution in [0.1, 0.15) is 36.2 Å². The standard InChI is InChI=1S/C23H29N3O4/c1-15(2)24-23(28)18-7-5-9-20-17(18)8-6-12-26(20)14-22(27)25-19-13-16(29-3)10-11-21(19)30-4/h5,7,9-11,13,15H,6,8,12,14H2,1-4H3,(H,24,28)(H,25,27). The number of methoxy groups -OCH3 is 2. The lowest BCUT2D eigenvalue weighted by Gasteiger charge is -2.32. The molecular weight excluding hydrogens is 382 g/mol. The Hall–Kier alpha value is -3.22. The summed E-state index contributed by atoms with van der Waals surface area (Å²) in [5.41, 5.74) is 3.17. The smallest absolute Gasteiger partial charge is 0.251 e. The summed E-state index contributed by atoms with van der Waals surface area (Å²) in [4.78, 5) is 27.4. The first kappa shape index (κ1) is 21.5. The van der Waals surface area contributed by atoms with Gasteiger partial charge in [0.25, 0.3) is 5.91 Å². The van der Waals surface area contributed by atoms with Crippen LogP contribution in [0.4, 0.5) is 11.4 Å². The van der Waals surface area contributed by atoms with Gasteiger partial charge in [-0.3, -0.25) is 9.59 Å². The van der Waals surface area contributed by atoms with Gasteiger partial charge in [-0.15, -0.1) is 0 Å². The van der Waals surface area contributed by atoms with Crippen LogP contribution in [-0.4, -0.2) is 45.2 Å². The molecule has 0 atom stereocenters. The lowest BCUT2D eigenvalue weighted by Crippen LogP contribution is -2.38. The molecule has 0 saturated heterocycles. The van der Waals surface area contributed by atoms with Crippen molar-refractivity contribution in [3.05, 3.63) is 47.5 Å². The van der Waals surface area contributed by atoms with Crippen LogP contribution in [0.2, 0.25) is 0 Å². The van der Waals surface area contributed by atoms with Crippen molar-refractivity contribution in [2.24, 2.45) is 0 Å². The topological polar surface area (TPSA) is 79.9 Å². The van der Waals surface area contributed by atoms with E-state index in [0.717, 1.165) is 30.6 Å². The summed E-state index contributed by atoms with van der Waals surface area (Å²) < 4.78 is 10.6. The van der Waals surface area contributed by atoms with E-state index in [-0.39, 0.29) is 24.4 Å². The van der Waals surface area contributed by atoms with Gasteiger partial charge in [0, 0.05) is 29.9 Å². The Labute approximate surface area is 177 Å². The molecule has 1 aliphatic rings. The number of nitrogens with zero attached hydrogens (tertiary/aromatic N) is 1. The summed E-state index contributed by atoms with van der Waals surface area (Å²) in [6, 6.07) is 11.0. The Bertz CT molecular complexity index is 927. The first-order valence-electron chi connectivity index (χ1n) is 10.1. The van der Waals surface area contributed by atoms with Crippen molar-refractivity contribution in [3.8, 4) is 11.5 Å². The Balaban J connectivity index is 1.78. The fourth-order valence-corrected chi connectivity index (χ4v) is 3.69. The molecule has 0 radical (unpaired) electrons. The third kappa shape index (κ3) is 4.84. The van der Waals surface area contributed by atoms with E-state index >= 15 is 0 Å². The van der Waals surface area contributed by atoms with Crippen LogP contribution in [0.25, 0.3) is 0 Å². The first-order chi connectivity index (χ1) is 14.4. The molecule has 30 heavy (non-hydrogen) atoms. The molecule has 0 aliphatic carbocycles. The highest BCUT2D eigenvalue weighted by molar-refractivity contribution is 5.99. The maximum absolute atomic E-state index is 12.8. The number of ether oxygens (including phenoxy) is 2. The molecule has 1 aliphatic heterocycles. The molecule has 0 saturated carbocycles. The van der Waals surface area contributed by atoms with Gasteiger partial charge in [-0.2, -0.15) is 0 Å². The second kappa shape index (κ2) is 9.52. The number of hydrogen-bond acceptors (Lipinski definition) is 5. The Morgan fingerprint density at radius 3 is 2.63 bits per heavy atom. The van der Waals surface area contributed by atoms with Crippen LogP contribution < -0.4 is 25.0 Å². The van der Waals surface area contributed by atoms with Crippen LogP contribution in [0, 0.1) is 0 Å². The van der Waals surface area contributed by atoms with Gasteiger partial charge in [-0.1, -0.05) is 6.07 Å². The van der Waals surface area contributed by atoms with E-state index in [1.165, 1.54) is 0 Å². The molecule has 0 bridgehead atoms. The third-order valence-corrected chi connectivity index (χ3v) is 5.03. The zero-order chi connectivity index (χ0) is 21.7. The molecule has 2 amide bonds. The maximum atomic E-state index is 12.8. The highest BCUT2D eigenvalue weighted by Crippen LogP contribution is 2.31. The molecule has 1 heterocycles. The number of hydrogen-bond donors (Lipinski definition) is 2. The van der Waals surface area contributed by atoms with Crippen LogP contribution in [0.5, 0.6) is 11.5 Å². The van der Waals surface area contributed by atoms with E-state index in [0.29, 0.717) is 22.7 Å². The molecule has 0 fully saturated rings. The summed E-state index contributed by atoms with van der Waals surface area (Å²) in [6.45, 7) is 4.82. The molecule has 2 N–H and O–H groups in total. The second-order valence-corrected chi connectivity index (χ2v) is 7.57. The van der Waals surface area contributed by atoms with Crippen molar-refractivity contribution in [1.29, 1.82) is 0 Å². The normalized spacial score (nSPS) is 12.9. The Kier molecular flexibility index (Phi) is 6.82. The van der Waals surface area contributed by atoms with Gasteiger partial charge in [0.1, 0.15) is 11.5 Å². The number of benzene rings is 2. The molecule has 0 unspecified atom stereocenters. The second-order valence-electron chi connectivity index (χ2n) is 7.57. The molecule has 7 nitrogen and oxygen atoms in total. The van der Waals surface area contributed by atoms with E-state index in [1.807, 2.05) is 36.9 Å². The largest absolute Gasteiger partial charge is 0.497 e. The van der Waals surface area contributed by atoms with Crippen LogP contribution in [0.15, 0.2) is 36.4 Å². The SMILES string of the molecule is COc1ccc(OC)c(NC(=O)CN2CCCc3c(C(=O)NC(C)C)cccc32)c1. The number of nitrogens with one attached hydrogen (secondary N) is 2. The van der Waals surface area contributed by atoms with Crippen molar-refractivity contribution in [2.75, 3.05) is 37.5 Å². The number of carbonyl (C=O) groups is 2. The number of anilines is 2. The van der Waals surface area contributed by atoms with Crippen molar-refractivity contribution in [2.45, 2.75) is 32.7 Å². The van der Waals surface area contributed by atoms with Gasteiger partial charge in [-0.25, -0.2) is 0 Å². The molecule has 2 aromatic rings. The van der Waals surface area contributed by atoms with Gasteiger partial charge in [0.15, 0.2) is 0 Å². The monoisotopic (exact) mass is 411 g/mol. The van der Waals surface area contributed by atoms with Gasteiger partial charge in [0.2, 0.25) is 5.91 Å². The fourth-order valence-electron chi connectivity index (χ4n) is 3.69. The average Bonchev–Trinajstić information content (AvgIpc) is 2.73. The molecular formula is C23H29N3O4. The lowest BCUT2D eigenvalue weighted by molar-refractivity contribution is -0.115. The quantitative estimate of drug-likeness (QED) is 0.731. The van der Waals surface area contributed by atoms with Crippen LogP contribution >= 0.6 is 0 Å². The zero-order valence-corrected chi connectivity index (χ0v) is 18.0. The molecule has 0 aromatic heterocycles. The minimum absolute atomic E-state index is 0.0664. The molecule has 160 valence electrons. The van der Waals surface area contributed by atoms with Crippen molar-refractivity contribution < 1.29 is 19.1 Å². The molecule has 2 aromatic carbocycles. The molecule has 7 heteroatoms. The number of fused-ring (bicyclic) bond motifs is 1. The number of rotatable bonds is 7. The maximum Gasteiger partial charge on any atom is 0.251 e. The average molecular weight is 412 g/mol. The summed E-state index contributed by atoms with van der Waals surface area (Å²) >= 11 is 0. The third-order valence-electron chi connectivity index (χ3n) is 5.03. The highest BCUT2D eigenvalue weighted by Gasteiger charge is 2.24. The van der Waals surface area contributed by atoms with Crippen molar-refractivity contribution in [1.82, 2.24) is 5.32 Å². The van der Waals surface area contributed by atoms with E-state index in [1.54, 1.807) is 32.4 Å². The van der Waals surface area contributed by atoms with Gasteiger partial charge in [0.05, 0.1) is 26.5 Å². The Morgan fingerprint density at radius 2 is 1.93 bits per heavy atom. The van der Waals surface area contributed by atoms with Crippen LogP contribution in [0.3, 0.4) is 0 Å². The summed E-state index contributed by atoms with van der Waals surface area (Å²) in [5, 5.41) is 5.87. The van der Waals surface area contributed by atoms with Gasteiger partial charge < -0.3 is 25.0 Å². The Morgan fingerprint density at radius 1 is 1.13 bits per heavy atom. The minimum atomic E-state index is -0.161. The van der Waals surface area contributed by atoms with Crippen molar-refractivity contribution in [3.63, 3.8) is 0 Å². The highest BCUT2D eigenvalue weighted by atomic mass is 16.5. The van der Waals surface area contributed by atoms with Crippen LogP contribution in [-0.2, 0) is 11.2 Å². The van der Waals surface area contributed by atoms with E-state index in [4.69, 9.17) is 9.47 Å². The number of carbonyl (C=O) groups excluding carboxylic acids is 2. The predicted octanol–water partition coefficient (Wildman–Crippen LogP) is 3.23. The van der Waals surface area contributed by atoms with E-state index in [9.17, 15) is 9.59 Å². The van der Waals surface area contributed by atoms with E-state index < -0.39 is 0 Å². The predicted molar refractivity (Wildman–Crippen MR) is 118 cm³/mol. The minimum Gasteiger partial charge on any atom is -0.497 e. The number of amides is 2. The van der Waals surface area contributed by atoms with Crippen molar-refractivity contribution >= 4 is 23.2 Å². The molecule has 0 spiro atoms. The van der Waals surface area contributed by atoms with E-state index in [2.05, 4.69) is 10.6 Å². The lowest BCUT2D eigenvalue weighted by atomic mass is 9.95. The summed E-state index contributed by atoms with van der Waals surface area (Å²) in [6.07, 6.45) is 1.70. The van der Waals surface area contributed by atoms with Gasteiger partial charge >= 0.3 is 0 Å². The fraction of sp³-hybridized carbons (Fsp3) is 0.391.